The van der Waals surface area contributed by atoms with Crippen LogP contribution in [0, 0.1) is 5.92 Å². The second kappa shape index (κ2) is 7.26. The van der Waals surface area contributed by atoms with Crippen LogP contribution in [0.25, 0.3) is 0 Å². The van der Waals surface area contributed by atoms with E-state index in [0.29, 0.717) is 11.6 Å². The minimum absolute atomic E-state index is 0.115. The van der Waals surface area contributed by atoms with Gasteiger partial charge >= 0.3 is 0 Å². The first-order valence-electron chi connectivity index (χ1n) is 9.27. The van der Waals surface area contributed by atoms with Crippen molar-refractivity contribution in [3.05, 3.63) is 28.5 Å². The van der Waals surface area contributed by atoms with Gasteiger partial charge in [-0.1, -0.05) is 24.5 Å². The fraction of sp³-hybridized carbons (Fsp3) is 0.611. The van der Waals surface area contributed by atoms with E-state index in [1.165, 1.54) is 30.6 Å². The highest BCUT2D eigenvalue weighted by Crippen LogP contribution is 2.42. The zero-order valence-corrected chi connectivity index (χ0v) is 15.8. The number of hydrogen-bond acceptors (Lipinski definition) is 6. The van der Waals surface area contributed by atoms with Gasteiger partial charge < -0.3 is 5.32 Å². The van der Waals surface area contributed by atoms with E-state index in [0.717, 1.165) is 31.4 Å². The number of thiazole rings is 1. The van der Waals surface area contributed by atoms with Gasteiger partial charge in [-0.05, 0) is 31.6 Å². The van der Waals surface area contributed by atoms with Crippen LogP contribution in [0.2, 0.25) is 0 Å². The number of carbonyl (C=O) groups excluding carboxylic acids is 1. The molecule has 8 heteroatoms. The van der Waals surface area contributed by atoms with Crippen LogP contribution in [0.3, 0.4) is 0 Å². The van der Waals surface area contributed by atoms with Crippen LogP contribution in [0.15, 0.2) is 22.1 Å². The lowest BCUT2D eigenvalue weighted by Gasteiger charge is -2.29. The highest BCUT2D eigenvalue weighted by atomic mass is 32.1. The van der Waals surface area contributed by atoms with Crippen molar-refractivity contribution in [1.82, 2.24) is 25.3 Å². The Bertz CT molecular complexity index is 773. The molecule has 2 aliphatic carbocycles. The van der Waals surface area contributed by atoms with E-state index in [2.05, 4.69) is 25.6 Å². The van der Waals surface area contributed by atoms with Gasteiger partial charge in [0.25, 0.3) is 5.91 Å². The first-order chi connectivity index (χ1) is 12.7. The van der Waals surface area contributed by atoms with Crippen molar-refractivity contribution in [1.29, 1.82) is 0 Å². The van der Waals surface area contributed by atoms with Crippen LogP contribution in [0.5, 0.6) is 0 Å². The normalized spacial score (nSPS) is 21.0. The molecule has 26 heavy (non-hydrogen) atoms. The van der Waals surface area contributed by atoms with Crippen LogP contribution in [0.4, 0.5) is 0 Å². The number of aliphatic imine (C=N–C) groups is 1. The Morgan fingerprint density at radius 2 is 2.23 bits per heavy atom. The molecule has 2 aliphatic rings. The van der Waals surface area contributed by atoms with Crippen molar-refractivity contribution in [2.24, 2.45) is 10.9 Å². The fourth-order valence-corrected chi connectivity index (χ4v) is 4.40. The number of hydrogen-bond donors (Lipinski definition) is 1. The molecule has 2 aromatic heterocycles. The summed E-state index contributed by atoms with van der Waals surface area (Å²) in [5.41, 5.74) is 2.88. The average Bonchev–Trinajstić information content (AvgIpc) is 3.08. The molecule has 0 saturated heterocycles. The molecular formula is C18H24N6OS. The summed E-state index contributed by atoms with van der Waals surface area (Å²) in [5.74, 6) is 0.263. The number of rotatable bonds is 6. The van der Waals surface area contributed by atoms with Crippen molar-refractivity contribution in [2.75, 3.05) is 7.05 Å². The number of carbonyl (C=O) groups is 1. The molecule has 0 aliphatic heterocycles. The minimum atomic E-state index is -0.132. The molecular weight excluding hydrogens is 348 g/mol. The molecule has 1 amide bonds. The zero-order valence-electron chi connectivity index (χ0n) is 15.0. The molecule has 0 radical (unpaired) electrons. The third-order valence-corrected chi connectivity index (χ3v) is 6.08. The lowest BCUT2D eigenvalue weighted by Crippen LogP contribution is -2.35. The summed E-state index contributed by atoms with van der Waals surface area (Å²) in [6.45, 7) is 0. The van der Waals surface area contributed by atoms with Gasteiger partial charge in [-0.2, -0.15) is 0 Å². The maximum absolute atomic E-state index is 12.6. The Morgan fingerprint density at radius 3 is 2.88 bits per heavy atom. The van der Waals surface area contributed by atoms with Gasteiger partial charge in [0.1, 0.15) is 11.4 Å². The molecule has 0 bridgehead atoms. The van der Waals surface area contributed by atoms with Crippen LogP contribution >= 0.6 is 11.3 Å². The number of nitrogens with one attached hydrogen (secondary N) is 1. The summed E-state index contributed by atoms with van der Waals surface area (Å²) in [6, 6.07) is -0.118. The summed E-state index contributed by atoms with van der Waals surface area (Å²) in [6.07, 6.45) is 11.9. The van der Waals surface area contributed by atoms with E-state index in [4.69, 9.17) is 0 Å². The standard InChI is InChI=1S/C18H24N6OS/c1-19-11-18(7-8-18)24-9-14(22-23-24)16(13-5-3-2-4-6-13)21-17(25)15-10-26-12-20-15/h9-13,16H,2-8H2,1H3,(H,21,25). The summed E-state index contributed by atoms with van der Waals surface area (Å²) >= 11 is 1.43. The van der Waals surface area contributed by atoms with Crippen molar-refractivity contribution in [3.63, 3.8) is 0 Å². The topological polar surface area (TPSA) is 85.1 Å². The molecule has 1 unspecified atom stereocenters. The summed E-state index contributed by atoms with van der Waals surface area (Å²) in [7, 11) is 1.79. The van der Waals surface area contributed by atoms with Crippen LogP contribution < -0.4 is 5.32 Å². The van der Waals surface area contributed by atoms with Gasteiger partial charge in [0.05, 0.1) is 23.3 Å². The maximum Gasteiger partial charge on any atom is 0.271 e. The molecule has 1 atom stereocenters. The largest absolute Gasteiger partial charge is 0.342 e. The van der Waals surface area contributed by atoms with Crippen molar-refractivity contribution < 1.29 is 4.79 Å². The van der Waals surface area contributed by atoms with Crippen molar-refractivity contribution in [2.45, 2.75) is 56.5 Å². The summed E-state index contributed by atoms with van der Waals surface area (Å²) < 4.78 is 1.92. The average molecular weight is 372 g/mol. The lowest BCUT2D eigenvalue weighted by atomic mass is 9.82. The van der Waals surface area contributed by atoms with Crippen LogP contribution in [0.1, 0.15) is 67.2 Å². The van der Waals surface area contributed by atoms with E-state index in [1.54, 1.807) is 17.9 Å². The molecule has 2 heterocycles. The lowest BCUT2D eigenvalue weighted by molar-refractivity contribution is 0.0906. The first kappa shape index (κ1) is 17.3. The van der Waals surface area contributed by atoms with Gasteiger partial charge in [-0.3, -0.25) is 9.79 Å². The molecule has 2 aromatic rings. The molecule has 138 valence electrons. The maximum atomic E-state index is 12.6. The van der Waals surface area contributed by atoms with Gasteiger partial charge in [-0.25, -0.2) is 9.67 Å². The molecule has 2 saturated carbocycles. The summed E-state index contributed by atoms with van der Waals surface area (Å²) in [5, 5.41) is 13.8. The molecule has 0 aromatic carbocycles. The van der Waals surface area contributed by atoms with Crippen LogP contribution in [-0.4, -0.2) is 39.1 Å². The Morgan fingerprint density at radius 1 is 1.42 bits per heavy atom. The minimum Gasteiger partial charge on any atom is -0.342 e. The predicted molar refractivity (Wildman–Crippen MR) is 101 cm³/mol. The monoisotopic (exact) mass is 372 g/mol. The van der Waals surface area contributed by atoms with Gasteiger partial charge in [0, 0.05) is 18.6 Å². The molecule has 4 rings (SSSR count). The van der Waals surface area contributed by atoms with Gasteiger partial charge in [0.2, 0.25) is 0 Å². The molecule has 7 nitrogen and oxygen atoms in total. The fourth-order valence-electron chi connectivity index (χ4n) is 3.86. The van der Waals surface area contributed by atoms with E-state index in [1.807, 2.05) is 17.1 Å². The Hall–Kier alpha value is -2.09. The van der Waals surface area contributed by atoms with E-state index >= 15 is 0 Å². The number of nitrogens with zero attached hydrogens (tertiary/aromatic N) is 5. The molecule has 1 N–H and O–H groups in total. The second-order valence-corrected chi connectivity index (χ2v) is 8.02. The highest BCUT2D eigenvalue weighted by Gasteiger charge is 2.45. The quantitative estimate of drug-likeness (QED) is 0.790. The molecule has 0 spiro atoms. The van der Waals surface area contributed by atoms with Crippen molar-refractivity contribution >= 4 is 23.5 Å². The Balaban J connectivity index is 1.58. The SMILES string of the molecule is CN=CC1(n2cc(C(NC(=O)c3cscn3)C3CCCCC3)nn2)CC1. The smallest absolute Gasteiger partial charge is 0.271 e. The number of amides is 1. The van der Waals surface area contributed by atoms with Gasteiger partial charge in [-0.15, -0.1) is 16.4 Å². The Labute approximate surface area is 156 Å². The zero-order chi connectivity index (χ0) is 18.0. The first-order valence-corrected chi connectivity index (χ1v) is 10.2. The van der Waals surface area contributed by atoms with E-state index in [9.17, 15) is 4.79 Å². The van der Waals surface area contributed by atoms with E-state index in [-0.39, 0.29) is 17.5 Å². The highest BCUT2D eigenvalue weighted by molar-refractivity contribution is 7.07. The van der Waals surface area contributed by atoms with E-state index < -0.39 is 0 Å². The Kier molecular flexibility index (Phi) is 4.84. The number of aromatic nitrogens is 4. The van der Waals surface area contributed by atoms with Crippen LogP contribution in [-0.2, 0) is 5.54 Å². The third kappa shape index (κ3) is 3.42. The van der Waals surface area contributed by atoms with Crippen molar-refractivity contribution in [3.8, 4) is 0 Å². The third-order valence-electron chi connectivity index (χ3n) is 5.49. The molecule has 2 fully saturated rings. The predicted octanol–water partition coefficient (Wildman–Crippen LogP) is 2.98. The summed E-state index contributed by atoms with van der Waals surface area (Å²) in [4.78, 5) is 20.9. The van der Waals surface area contributed by atoms with Gasteiger partial charge in [0.15, 0.2) is 0 Å². The second-order valence-electron chi connectivity index (χ2n) is 7.30.